The largest absolute Gasteiger partial charge is 0.507 e. The summed E-state index contributed by atoms with van der Waals surface area (Å²) in [6, 6.07) is 11.9. The second-order valence-electron chi connectivity index (χ2n) is 4.74. The highest BCUT2D eigenvalue weighted by Gasteiger charge is 2.08. The molecule has 0 radical (unpaired) electrons. The fourth-order valence-electron chi connectivity index (χ4n) is 2.26. The molecule has 0 heterocycles. The van der Waals surface area contributed by atoms with Crippen LogP contribution in [-0.2, 0) is 0 Å². The molecule has 2 aromatic carbocycles. The molecule has 0 aliphatic carbocycles. The molecule has 18 heavy (non-hydrogen) atoms. The second kappa shape index (κ2) is 5.72. The number of aromatic hydroxyl groups is 1. The molecule has 1 heteroatoms. The van der Waals surface area contributed by atoms with E-state index in [1.54, 1.807) is 0 Å². The second-order valence-corrected chi connectivity index (χ2v) is 4.74. The molecule has 1 N–H and O–H groups in total. The zero-order chi connectivity index (χ0) is 13.0. The van der Waals surface area contributed by atoms with E-state index in [0.717, 1.165) is 34.8 Å². The standard InChI is InChI=1S/C17H20O/c1-3-4-5-8-13(2)15-12-11-14-9-6-7-10-16(14)17(15)18/h6-7,9-12,18H,2-5,8H2,1H3. The Labute approximate surface area is 109 Å². The molecule has 2 aromatic rings. The predicted molar refractivity (Wildman–Crippen MR) is 78.8 cm³/mol. The first-order valence-corrected chi connectivity index (χ1v) is 6.63. The molecule has 0 aromatic heterocycles. The minimum atomic E-state index is 0.370. The summed E-state index contributed by atoms with van der Waals surface area (Å²) in [7, 11) is 0. The fraction of sp³-hybridized carbons (Fsp3) is 0.294. The summed E-state index contributed by atoms with van der Waals surface area (Å²) in [5.41, 5.74) is 1.93. The van der Waals surface area contributed by atoms with E-state index in [4.69, 9.17) is 0 Å². The van der Waals surface area contributed by atoms with Crippen LogP contribution in [0.3, 0.4) is 0 Å². The van der Waals surface area contributed by atoms with Gasteiger partial charge >= 0.3 is 0 Å². The van der Waals surface area contributed by atoms with Gasteiger partial charge in [0.2, 0.25) is 0 Å². The quantitative estimate of drug-likeness (QED) is 0.717. The van der Waals surface area contributed by atoms with Crippen LogP contribution in [0.4, 0.5) is 0 Å². The molecule has 2 rings (SSSR count). The first-order valence-electron chi connectivity index (χ1n) is 6.63. The van der Waals surface area contributed by atoms with Crippen molar-refractivity contribution < 1.29 is 5.11 Å². The van der Waals surface area contributed by atoms with Crippen LogP contribution in [0.25, 0.3) is 16.3 Å². The molecule has 0 bridgehead atoms. The van der Waals surface area contributed by atoms with Crippen molar-refractivity contribution in [3.63, 3.8) is 0 Å². The molecule has 0 unspecified atom stereocenters. The van der Waals surface area contributed by atoms with Gasteiger partial charge in [-0.1, -0.05) is 62.7 Å². The summed E-state index contributed by atoms with van der Waals surface area (Å²) in [5.74, 6) is 0.370. The number of unbranched alkanes of at least 4 members (excludes halogenated alkanes) is 2. The Balaban J connectivity index is 2.28. The van der Waals surface area contributed by atoms with E-state index in [-0.39, 0.29) is 0 Å². The van der Waals surface area contributed by atoms with Crippen LogP contribution < -0.4 is 0 Å². The van der Waals surface area contributed by atoms with Crippen molar-refractivity contribution in [1.29, 1.82) is 0 Å². The van der Waals surface area contributed by atoms with E-state index < -0.39 is 0 Å². The van der Waals surface area contributed by atoms with E-state index in [2.05, 4.69) is 19.6 Å². The summed E-state index contributed by atoms with van der Waals surface area (Å²) in [6.45, 7) is 6.30. The highest BCUT2D eigenvalue weighted by atomic mass is 16.3. The number of phenols is 1. The third-order valence-corrected chi connectivity index (χ3v) is 3.36. The summed E-state index contributed by atoms with van der Waals surface area (Å²) in [4.78, 5) is 0. The fourth-order valence-corrected chi connectivity index (χ4v) is 2.26. The van der Waals surface area contributed by atoms with E-state index >= 15 is 0 Å². The molecule has 0 aliphatic rings. The Kier molecular flexibility index (Phi) is 4.03. The monoisotopic (exact) mass is 240 g/mol. The first-order chi connectivity index (χ1) is 8.74. The summed E-state index contributed by atoms with van der Waals surface area (Å²) in [6.07, 6.45) is 4.52. The lowest BCUT2D eigenvalue weighted by Gasteiger charge is -2.10. The van der Waals surface area contributed by atoms with Gasteiger partial charge in [0.25, 0.3) is 0 Å². The lowest BCUT2D eigenvalue weighted by molar-refractivity contribution is 0.479. The Morgan fingerprint density at radius 2 is 1.89 bits per heavy atom. The average Bonchev–Trinajstić information content (AvgIpc) is 2.39. The molecule has 0 amide bonds. The molecular formula is C17H20O. The minimum Gasteiger partial charge on any atom is -0.507 e. The highest BCUT2D eigenvalue weighted by Crippen LogP contribution is 2.34. The number of hydrogen-bond donors (Lipinski definition) is 1. The van der Waals surface area contributed by atoms with Crippen LogP contribution in [-0.4, -0.2) is 5.11 Å². The van der Waals surface area contributed by atoms with E-state index in [0.29, 0.717) is 5.75 Å². The summed E-state index contributed by atoms with van der Waals surface area (Å²) in [5, 5.41) is 12.3. The molecular weight excluding hydrogens is 220 g/mol. The Bertz CT molecular complexity index is 555. The van der Waals surface area contributed by atoms with Gasteiger partial charge in [-0.2, -0.15) is 0 Å². The van der Waals surface area contributed by atoms with Gasteiger partial charge in [-0.25, -0.2) is 0 Å². The third kappa shape index (κ3) is 2.56. The normalized spacial score (nSPS) is 10.7. The minimum absolute atomic E-state index is 0.370. The lowest BCUT2D eigenvalue weighted by atomic mass is 9.97. The van der Waals surface area contributed by atoms with Gasteiger partial charge < -0.3 is 5.11 Å². The smallest absolute Gasteiger partial charge is 0.130 e. The Hall–Kier alpha value is -1.76. The van der Waals surface area contributed by atoms with Gasteiger partial charge in [-0.15, -0.1) is 0 Å². The average molecular weight is 240 g/mol. The van der Waals surface area contributed by atoms with Gasteiger partial charge in [-0.3, -0.25) is 0 Å². The van der Waals surface area contributed by atoms with Gasteiger partial charge in [0.1, 0.15) is 5.75 Å². The molecule has 0 atom stereocenters. The van der Waals surface area contributed by atoms with Crippen molar-refractivity contribution in [1.82, 2.24) is 0 Å². The van der Waals surface area contributed by atoms with E-state index in [1.807, 2.05) is 30.3 Å². The zero-order valence-corrected chi connectivity index (χ0v) is 10.9. The first kappa shape index (κ1) is 12.7. The maximum absolute atomic E-state index is 10.3. The van der Waals surface area contributed by atoms with Gasteiger partial charge in [0, 0.05) is 10.9 Å². The van der Waals surface area contributed by atoms with Crippen LogP contribution >= 0.6 is 0 Å². The number of benzene rings is 2. The van der Waals surface area contributed by atoms with Crippen LogP contribution in [0.15, 0.2) is 43.0 Å². The van der Waals surface area contributed by atoms with Crippen LogP contribution in [0, 0.1) is 0 Å². The van der Waals surface area contributed by atoms with Crippen molar-refractivity contribution in [2.24, 2.45) is 0 Å². The van der Waals surface area contributed by atoms with Gasteiger partial charge in [0.05, 0.1) is 0 Å². The SMILES string of the molecule is C=C(CCCCC)c1ccc2ccccc2c1O. The zero-order valence-electron chi connectivity index (χ0n) is 10.9. The number of phenolic OH excluding ortho intramolecular Hbond substituents is 1. The van der Waals surface area contributed by atoms with Crippen LogP contribution in [0.1, 0.15) is 38.2 Å². The maximum atomic E-state index is 10.3. The number of fused-ring (bicyclic) bond motifs is 1. The van der Waals surface area contributed by atoms with E-state index in [1.165, 1.54) is 12.8 Å². The topological polar surface area (TPSA) is 20.2 Å². The van der Waals surface area contributed by atoms with Gasteiger partial charge in [-0.05, 0) is 23.8 Å². The van der Waals surface area contributed by atoms with Crippen molar-refractivity contribution in [2.75, 3.05) is 0 Å². The number of rotatable bonds is 5. The van der Waals surface area contributed by atoms with Crippen molar-refractivity contribution in [2.45, 2.75) is 32.6 Å². The van der Waals surface area contributed by atoms with Crippen molar-refractivity contribution in [3.8, 4) is 5.75 Å². The molecule has 0 saturated heterocycles. The molecule has 94 valence electrons. The van der Waals surface area contributed by atoms with E-state index in [9.17, 15) is 5.11 Å². The summed E-state index contributed by atoms with van der Waals surface area (Å²) >= 11 is 0. The third-order valence-electron chi connectivity index (χ3n) is 3.36. The van der Waals surface area contributed by atoms with Crippen LogP contribution in [0.2, 0.25) is 0 Å². The molecule has 0 saturated carbocycles. The molecule has 0 spiro atoms. The lowest BCUT2D eigenvalue weighted by Crippen LogP contribution is -1.86. The molecule has 0 fully saturated rings. The summed E-state index contributed by atoms with van der Waals surface area (Å²) < 4.78 is 0. The maximum Gasteiger partial charge on any atom is 0.130 e. The molecule has 1 nitrogen and oxygen atoms in total. The van der Waals surface area contributed by atoms with Gasteiger partial charge in [0.15, 0.2) is 0 Å². The van der Waals surface area contributed by atoms with Crippen molar-refractivity contribution >= 4 is 16.3 Å². The Morgan fingerprint density at radius 1 is 1.11 bits per heavy atom. The number of allylic oxidation sites excluding steroid dienone is 1. The predicted octanol–water partition coefficient (Wildman–Crippen LogP) is 5.14. The Morgan fingerprint density at radius 3 is 2.67 bits per heavy atom. The van der Waals surface area contributed by atoms with Crippen LogP contribution in [0.5, 0.6) is 5.75 Å². The molecule has 0 aliphatic heterocycles. The van der Waals surface area contributed by atoms with Crippen molar-refractivity contribution in [3.05, 3.63) is 48.5 Å². The highest BCUT2D eigenvalue weighted by molar-refractivity contribution is 5.92. The number of hydrogen-bond acceptors (Lipinski definition) is 1.